The summed E-state index contributed by atoms with van der Waals surface area (Å²) in [5.41, 5.74) is 0.906. The number of rotatable bonds is 7. The monoisotopic (exact) mass is 441 g/mol. The number of carbonyl (C=O) groups excluding carboxylic acids is 3. The van der Waals surface area contributed by atoms with Crippen molar-refractivity contribution in [3.05, 3.63) is 29.8 Å². The predicted octanol–water partition coefficient (Wildman–Crippen LogP) is 2.48. The summed E-state index contributed by atoms with van der Waals surface area (Å²) in [5.74, 6) is 1.58. The second kappa shape index (κ2) is 10.4. The third-order valence-corrected chi connectivity index (χ3v) is 7.23. The maximum atomic E-state index is 13.3. The van der Waals surface area contributed by atoms with Gasteiger partial charge in [0.15, 0.2) is 0 Å². The Balaban J connectivity index is 1.35. The molecule has 0 unspecified atom stereocenters. The predicted molar refractivity (Wildman–Crippen MR) is 121 cm³/mol. The van der Waals surface area contributed by atoms with Crippen molar-refractivity contribution in [2.75, 3.05) is 39.8 Å². The van der Waals surface area contributed by atoms with E-state index in [4.69, 9.17) is 4.74 Å². The summed E-state index contributed by atoms with van der Waals surface area (Å²) in [6, 6.07) is 7.78. The van der Waals surface area contributed by atoms with Gasteiger partial charge in [0, 0.05) is 51.1 Å². The van der Waals surface area contributed by atoms with Gasteiger partial charge in [-0.3, -0.25) is 14.4 Å². The second-order valence-corrected chi connectivity index (χ2v) is 9.29. The fraction of sp³-hybridized carbons (Fsp3) is 0.640. The van der Waals surface area contributed by atoms with E-state index in [-0.39, 0.29) is 23.8 Å². The van der Waals surface area contributed by atoms with Gasteiger partial charge in [0.25, 0.3) is 0 Å². The number of amides is 3. The molecule has 3 heterocycles. The van der Waals surface area contributed by atoms with E-state index in [2.05, 4.69) is 0 Å². The van der Waals surface area contributed by atoms with Crippen LogP contribution in [0.5, 0.6) is 5.75 Å². The van der Waals surface area contributed by atoms with Gasteiger partial charge in [-0.05, 0) is 37.7 Å². The number of nitrogens with zero attached hydrogens (tertiary/aromatic N) is 3. The molecular formula is C25H35N3O4. The molecule has 0 spiro atoms. The summed E-state index contributed by atoms with van der Waals surface area (Å²) >= 11 is 0. The first-order valence-corrected chi connectivity index (χ1v) is 12.0. The molecule has 3 fully saturated rings. The molecule has 174 valence electrons. The third kappa shape index (κ3) is 5.08. The van der Waals surface area contributed by atoms with Crippen LogP contribution in [0.3, 0.4) is 0 Å². The van der Waals surface area contributed by atoms with Crippen molar-refractivity contribution < 1.29 is 19.1 Å². The Morgan fingerprint density at radius 3 is 2.69 bits per heavy atom. The summed E-state index contributed by atoms with van der Waals surface area (Å²) in [4.78, 5) is 43.8. The lowest BCUT2D eigenvalue weighted by Crippen LogP contribution is -2.45. The molecule has 7 heteroatoms. The first-order valence-electron chi connectivity index (χ1n) is 12.0. The number of likely N-dealkylation sites (tertiary alicyclic amines) is 3. The van der Waals surface area contributed by atoms with E-state index in [1.807, 2.05) is 39.0 Å². The highest BCUT2D eigenvalue weighted by Gasteiger charge is 2.41. The number of ether oxygens (including phenoxy) is 1. The van der Waals surface area contributed by atoms with E-state index < -0.39 is 0 Å². The number of hydrogen-bond donors (Lipinski definition) is 0. The molecule has 1 aromatic rings. The molecule has 3 aliphatic heterocycles. The van der Waals surface area contributed by atoms with Crippen LogP contribution in [0.4, 0.5) is 0 Å². The summed E-state index contributed by atoms with van der Waals surface area (Å²) in [6.45, 7) is 3.63. The highest BCUT2D eigenvalue weighted by molar-refractivity contribution is 5.81. The Hall–Kier alpha value is -2.57. The molecule has 3 amide bonds. The minimum Gasteiger partial charge on any atom is -0.496 e. The van der Waals surface area contributed by atoms with E-state index in [9.17, 15) is 14.4 Å². The zero-order chi connectivity index (χ0) is 22.5. The molecule has 4 rings (SSSR count). The molecule has 3 aliphatic rings. The molecule has 3 saturated heterocycles. The molecule has 0 saturated carbocycles. The van der Waals surface area contributed by atoms with E-state index in [0.717, 1.165) is 56.6 Å². The van der Waals surface area contributed by atoms with Gasteiger partial charge in [0.1, 0.15) is 5.75 Å². The largest absolute Gasteiger partial charge is 0.496 e. The van der Waals surface area contributed by atoms with Crippen LogP contribution >= 0.6 is 0 Å². The summed E-state index contributed by atoms with van der Waals surface area (Å²) in [6.07, 6.45) is 6.26. The normalized spacial score (nSPS) is 23.3. The maximum Gasteiger partial charge on any atom is 0.227 e. The smallest absolute Gasteiger partial charge is 0.227 e. The topological polar surface area (TPSA) is 70.2 Å². The Bertz CT molecular complexity index is 842. The van der Waals surface area contributed by atoms with Gasteiger partial charge in [0.05, 0.1) is 19.6 Å². The molecule has 0 radical (unpaired) electrons. The van der Waals surface area contributed by atoms with Crippen LogP contribution in [-0.4, -0.2) is 78.3 Å². The molecule has 2 atom stereocenters. The number of carbonyl (C=O) groups is 3. The molecule has 7 nitrogen and oxygen atoms in total. The van der Waals surface area contributed by atoms with E-state index >= 15 is 0 Å². The van der Waals surface area contributed by atoms with Crippen molar-refractivity contribution >= 4 is 17.7 Å². The number of hydrogen-bond acceptors (Lipinski definition) is 4. The lowest BCUT2D eigenvalue weighted by molar-refractivity contribution is -0.135. The van der Waals surface area contributed by atoms with Crippen molar-refractivity contribution in [1.29, 1.82) is 0 Å². The van der Waals surface area contributed by atoms with Crippen molar-refractivity contribution in [2.24, 2.45) is 5.92 Å². The van der Waals surface area contributed by atoms with Crippen molar-refractivity contribution in [1.82, 2.24) is 14.7 Å². The van der Waals surface area contributed by atoms with Crippen LogP contribution in [0.1, 0.15) is 50.5 Å². The van der Waals surface area contributed by atoms with Gasteiger partial charge < -0.3 is 19.4 Å². The van der Waals surface area contributed by atoms with Crippen LogP contribution in [0.25, 0.3) is 0 Å². The molecule has 0 aliphatic carbocycles. The van der Waals surface area contributed by atoms with Crippen LogP contribution in [0, 0.1) is 5.92 Å². The van der Waals surface area contributed by atoms with E-state index in [1.165, 1.54) is 0 Å². The van der Waals surface area contributed by atoms with Gasteiger partial charge in [-0.2, -0.15) is 0 Å². The second-order valence-electron chi connectivity index (χ2n) is 9.29. The van der Waals surface area contributed by atoms with Crippen molar-refractivity contribution in [3.63, 3.8) is 0 Å². The number of fused-ring (bicyclic) bond motifs is 1. The summed E-state index contributed by atoms with van der Waals surface area (Å²) in [5, 5.41) is 0. The maximum absolute atomic E-state index is 13.3. The first-order chi connectivity index (χ1) is 15.6. The Kier molecular flexibility index (Phi) is 7.33. The van der Waals surface area contributed by atoms with Crippen molar-refractivity contribution in [3.8, 4) is 5.75 Å². The number of benzene rings is 1. The average Bonchev–Trinajstić information content (AvgIpc) is 3.35. The first kappa shape index (κ1) is 22.6. The van der Waals surface area contributed by atoms with Crippen LogP contribution < -0.4 is 4.74 Å². The molecule has 0 N–H and O–H groups in total. The summed E-state index contributed by atoms with van der Waals surface area (Å²) < 4.78 is 5.43. The van der Waals surface area contributed by atoms with E-state index in [0.29, 0.717) is 44.7 Å². The zero-order valence-electron chi connectivity index (χ0n) is 19.1. The molecule has 1 aromatic carbocycles. The number of para-hydroxylation sites is 1. The average molecular weight is 442 g/mol. The molecular weight excluding hydrogens is 406 g/mol. The molecule has 0 aromatic heterocycles. The van der Waals surface area contributed by atoms with Gasteiger partial charge >= 0.3 is 0 Å². The van der Waals surface area contributed by atoms with Gasteiger partial charge in [-0.1, -0.05) is 24.6 Å². The Morgan fingerprint density at radius 2 is 1.91 bits per heavy atom. The summed E-state index contributed by atoms with van der Waals surface area (Å²) in [7, 11) is 1.63. The van der Waals surface area contributed by atoms with Crippen LogP contribution in [0.2, 0.25) is 0 Å². The fourth-order valence-corrected chi connectivity index (χ4v) is 5.49. The number of methoxy groups -OCH3 is 1. The zero-order valence-corrected chi connectivity index (χ0v) is 19.1. The fourth-order valence-electron chi connectivity index (χ4n) is 5.49. The highest BCUT2D eigenvalue weighted by atomic mass is 16.5. The standard InChI is InChI=1S/C25H35N3O4/c1-32-22-10-3-2-8-19(22)16-25(31)28-15-5-4-9-20-17-27(18-21(20)28)24(30)12-7-14-26-13-6-11-23(26)29/h2-3,8,10,20-21H,4-7,9,11-18H2,1H3/t20-,21+/m0/s1. The molecule has 0 bridgehead atoms. The minimum absolute atomic E-state index is 0.101. The van der Waals surface area contributed by atoms with Crippen LogP contribution in [0.15, 0.2) is 24.3 Å². The highest BCUT2D eigenvalue weighted by Crippen LogP contribution is 2.31. The van der Waals surface area contributed by atoms with Gasteiger partial charge in [-0.25, -0.2) is 0 Å². The quantitative estimate of drug-likeness (QED) is 0.652. The van der Waals surface area contributed by atoms with Crippen molar-refractivity contribution in [2.45, 2.75) is 57.4 Å². The molecule has 32 heavy (non-hydrogen) atoms. The minimum atomic E-state index is 0.101. The SMILES string of the molecule is COc1ccccc1CC(=O)N1CCCC[C@H]2CN(C(=O)CCCN3CCCC3=O)C[C@H]21. The van der Waals surface area contributed by atoms with Gasteiger partial charge in [-0.15, -0.1) is 0 Å². The lowest BCUT2D eigenvalue weighted by atomic mass is 9.98. The lowest BCUT2D eigenvalue weighted by Gasteiger charge is -2.30. The Morgan fingerprint density at radius 1 is 1.06 bits per heavy atom. The van der Waals surface area contributed by atoms with Crippen LogP contribution in [-0.2, 0) is 20.8 Å². The third-order valence-electron chi connectivity index (χ3n) is 7.23. The Labute approximate surface area is 190 Å². The van der Waals surface area contributed by atoms with E-state index in [1.54, 1.807) is 7.11 Å². The van der Waals surface area contributed by atoms with Gasteiger partial charge in [0.2, 0.25) is 17.7 Å².